The third-order valence-corrected chi connectivity index (χ3v) is 4.58. The monoisotopic (exact) mass is 341 g/mol. The van der Waals surface area contributed by atoms with Gasteiger partial charge in [-0.1, -0.05) is 31.5 Å². The molecule has 1 aromatic carbocycles. The van der Waals surface area contributed by atoms with Gasteiger partial charge in [0.05, 0.1) is 35.9 Å². The Kier molecular flexibility index (Phi) is 5.23. The van der Waals surface area contributed by atoms with E-state index in [0.717, 1.165) is 29.1 Å². The summed E-state index contributed by atoms with van der Waals surface area (Å²) < 4.78 is 7.29. The Labute approximate surface area is 149 Å². The second-order valence-electron chi connectivity index (χ2n) is 7.16. The quantitative estimate of drug-likeness (QED) is 0.858. The van der Waals surface area contributed by atoms with Crippen molar-refractivity contribution in [3.05, 3.63) is 46.8 Å². The van der Waals surface area contributed by atoms with E-state index < -0.39 is 0 Å². The number of hydrogen-bond donors (Lipinski definition) is 0. The number of hydrogen-bond acceptors (Lipinski definition) is 3. The number of amides is 1. The number of rotatable bonds is 4. The summed E-state index contributed by atoms with van der Waals surface area (Å²) in [5.74, 6) is 0.520. The van der Waals surface area contributed by atoms with Crippen molar-refractivity contribution in [2.24, 2.45) is 5.92 Å². The van der Waals surface area contributed by atoms with Crippen LogP contribution in [0.4, 0.5) is 0 Å². The van der Waals surface area contributed by atoms with Crippen molar-refractivity contribution < 1.29 is 9.53 Å². The molecule has 5 heteroatoms. The molecular weight excluding hydrogens is 314 g/mol. The Morgan fingerprint density at radius 3 is 2.40 bits per heavy atom. The van der Waals surface area contributed by atoms with Crippen molar-refractivity contribution in [1.29, 1.82) is 0 Å². The van der Waals surface area contributed by atoms with Crippen molar-refractivity contribution in [3.63, 3.8) is 0 Å². The molecule has 1 aliphatic rings. The minimum Gasteiger partial charge on any atom is -0.378 e. The highest BCUT2D eigenvalue weighted by atomic mass is 16.5. The van der Waals surface area contributed by atoms with Gasteiger partial charge in [0, 0.05) is 13.1 Å². The van der Waals surface area contributed by atoms with Crippen LogP contribution >= 0.6 is 0 Å². The molecule has 0 aliphatic carbocycles. The summed E-state index contributed by atoms with van der Waals surface area (Å²) in [6, 6.07) is 8.25. The molecular formula is C20H27N3O2. The number of benzene rings is 1. The predicted octanol–water partition coefficient (Wildman–Crippen LogP) is 3.16. The lowest BCUT2D eigenvalue weighted by Gasteiger charge is -2.27. The average molecular weight is 341 g/mol. The maximum absolute atomic E-state index is 13.1. The van der Waals surface area contributed by atoms with E-state index >= 15 is 0 Å². The van der Waals surface area contributed by atoms with Crippen molar-refractivity contribution in [2.75, 3.05) is 26.3 Å². The van der Waals surface area contributed by atoms with Crippen LogP contribution in [-0.2, 0) is 11.2 Å². The molecule has 2 heterocycles. The smallest absolute Gasteiger partial charge is 0.257 e. The molecule has 0 N–H and O–H groups in total. The lowest BCUT2D eigenvalue weighted by atomic mass is 10.0. The number of carbonyl (C=O) groups excluding carboxylic acids is 1. The Morgan fingerprint density at radius 1 is 1.16 bits per heavy atom. The number of aryl methyl sites for hydroxylation is 1. The topological polar surface area (TPSA) is 47.4 Å². The normalized spacial score (nSPS) is 15.0. The molecule has 0 saturated carbocycles. The number of carbonyl (C=O) groups is 1. The zero-order valence-electron chi connectivity index (χ0n) is 15.6. The second kappa shape index (κ2) is 7.40. The van der Waals surface area contributed by atoms with Crippen LogP contribution in [0.25, 0.3) is 5.69 Å². The van der Waals surface area contributed by atoms with E-state index in [2.05, 4.69) is 45.0 Å². The molecule has 1 aromatic heterocycles. The van der Waals surface area contributed by atoms with Crippen molar-refractivity contribution in [2.45, 2.75) is 34.1 Å². The highest BCUT2D eigenvalue weighted by Gasteiger charge is 2.27. The third-order valence-electron chi connectivity index (χ3n) is 4.58. The summed E-state index contributed by atoms with van der Waals surface area (Å²) in [5.41, 5.74) is 4.77. The lowest BCUT2D eigenvalue weighted by Crippen LogP contribution is -2.41. The van der Waals surface area contributed by atoms with Gasteiger partial charge in [0.25, 0.3) is 5.91 Å². The molecule has 3 rings (SSSR count). The maximum atomic E-state index is 13.1. The van der Waals surface area contributed by atoms with Crippen LogP contribution in [0.3, 0.4) is 0 Å². The number of morpholine rings is 1. The number of aromatic nitrogens is 2. The molecule has 5 nitrogen and oxygen atoms in total. The van der Waals surface area contributed by atoms with Crippen LogP contribution < -0.4 is 0 Å². The standard InChI is InChI=1S/C20H27N3O2/c1-14(2)13-18-19(20(24)22-9-11-25-12-10-22)16(4)23(21-18)17-7-5-15(3)6-8-17/h5-8,14H,9-13H2,1-4H3. The first-order chi connectivity index (χ1) is 12.0. The van der Waals surface area contributed by atoms with Crippen molar-refractivity contribution in [3.8, 4) is 5.69 Å². The fourth-order valence-corrected chi connectivity index (χ4v) is 3.23. The van der Waals surface area contributed by atoms with Gasteiger partial charge < -0.3 is 9.64 Å². The van der Waals surface area contributed by atoms with Crippen LogP contribution in [0, 0.1) is 19.8 Å². The first-order valence-corrected chi connectivity index (χ1v) is 9.00. The highest BCUT2D eigenvalue weighted by Crippen LogP contribution is 2.23. The van der Waals surface area contributed by atoms with Gasteiger partial charge in [0.2, 0.25) is 0 Å². The van der Waals surface area contributed by atoms with Gasteiger partial charge in [0.15, 0.2) is 0 Å². The molecule has 0 unspecified atom stereocenters. The van der Waals surface area contributed by atoms with Gasteiger partial charge in [-0.25, -0.2) is 4.68 Å². The van der Waals surface area contributed by atoms with Crippen molar-refractivity contribution >= 4 is 5.91 Å². The van der Waals surface area contributed by atoms with E-state index in [-0.39, 0.29) is 5.91 Å². The van der Waals surface area contributed by atoms with E-state index in [1.165, 1.54) is 5.56 Å². The fraction of sp³-hybridized carbons (Fsp3) is 0.500. The fourth-order valence-electron chi connectivity index (χ4n) is 3.23. The first-order valence-electron chi connectivity index (χ1n) is 9.00. The molecule has 2 aromatic rings. The second-order valence-corrected chi connectivity index (χ2v) is 7.16. The average Bonchev–Trinajstić information content (AvgIpc) is 2.91. The summed E-state index contributed by atoms with van der Waals surface area (Å²) in [5, 5.41) is 4.80. The molecule has 0 atom stereocenters. The van der Waals surface area contributed by atoms with Crippen LogP contribution in [0.2, 0.25) is 0 Å². The molecule has 1 aliphatic heterocycles. The lowest BCUT2D eigenvalue weighted by molar-refractivity contribution is 0.0301. The summed E-state index contributed by atoms with van der Waals surface area (Å²) in [4.78, 5) is 15.0. The summed E-state index contributed by atoms with van der Waals surface area (Å²) in [6.07, 6.45) is 0.797. The Morgan fingerprint density at radius 2 is 1.80 bits per heavy atom. The molecule has 0 spiro atoms. The zero-order valence-corrected chi connectivity index (χ0v) is 15.6. The minimum atomic E-state index is 0.0785. The van der Waals surface area contributed by atoms with Gasteiger partial charge in [-0.05, 0) is 38.3 Å². The number of ether oxygens (including phenoxy) is 1. The van der Waals surface area contributed by atoms with Gasteiger partial charge in [-0.3, -0.25) is 4.79 Å². The van der Waals surface area contributed by atoms with Crippen LogP contribution in [0.5, 0.6) is 0 Å². The Bertz CT molecular complexity index is 741. The van der Waals surface area contributed by atoms with Gasteiger partial charge in [-0.15, -0.1) is 0 Å². The maximum Gasteiger partial charge on any atom is 0.257 e. The Hall–Kier alpha value is -2.14. The molecule has 0 bridgehead atoms. The van der Waals surface area contributed by atoms with E-state index in [1.54, 1.807) is 0 Å². The van der Waals surface area contributed by atoms with Gasteiger partial charge in [0.1, 0.15) is 0 Å². The Balaban J connectivity index is 2.02. The van der Waals surface area contributed by atoms with Gasteiger partial charge in [-0.2, -0.15) is 5.10 Å². The molecule has 1 saturated heterocycles. The molecule has 1 amide bonds. The predicted molar refractivity (Wildman–Crippen MR) is 98.3 cm³/mol. The van der Waals surface area contributed by atoms with Crippen LogP contribution in [-0.4, -0.2) is 46.9 Å². The number of nitrogens with zero attached hydrogens (tertiary/aromatic N) is 3. The largest absolute Gasteiger partial charge is 0.378 e. The van der Waals surface area contributed by atoms with Gasteiger partial charge >= 0.3 is 0 Å². The molecule has 25 heavy (non-hydrogen) atoms. The zero-order chi connectivity index (χ0) is 18.0. The molecule has 134 valence electrons. The van der Waals surface area contributed by atoms with E-state index in [1.807, 2.05) is 16.5 Å². The molecule has 1 fully saturated rings. The summed E-state index contributed by atoms with van der Waals surface area (Å²) >= 11 is 0. The highest BCUT2D eigenvalue weighted by molar-refractivity contribution is 5.96. The minimum absolute atomic E-state index is 0.0785. The van der Waals surface area contributed by atoms with Crippen LogP contribution in [0.15, 0.2) is 24.3 Å². The summed E-state index contributed by atoms with van der Waals surface area (Å²) in [6.45, 7) is 10.9. The molecule has 0 radical (unpaired) electrons. The first kappa shape index (κ1) is 17.7. The van der Waals surface area contributed by atoms with E-state index in [0.29, 0.717) is 32.2 Å². The van der Waals surface area contributed by atoms with Crippen molar-refractivity contribution in [1.82, 2.24) is 14.7 Å². The van der Waals surface area contributed by atoms with Crippen LogP contribution in [0.1, 0.15) is 41.2 Å². The van der Waals surface area contributed by atoms with E-state index in [4.69, 9.17) is 9.84 Å². The van der Waals surface area contributed by atoms with E-state index in [9.17, 15) is 4.79 Å². The third kappa shape index (κ3) is 3.76. The summed E-state index contributed by atoms with van der Waals surface area (Å²) in [7, 11) is 0. The SMILES string of the molecule is Cc1ccc(-n2nc(CC(C)C)c(C(=O)N3CCOCC3)c2C)cc1.